The fraction of sp³-hybridized carbons (Fsp3) is 0.150. The summed E-state index contributed by atoms with van der Waals surface area (Å²) in [4.78, 5) is 20.4. The Balaban J connectivity index is 1.97. The van der Waals surface area contributed by atoms with Crippen LogP contribution in [0.25, 0.3) is 10.9 Å². The fourth-order valence-corrected chi connectivity index (χ4v) is 2.54. The van der Waals surface area contributed by atoms with Crippen molar-refractivity contribution in [3.8, 4) is 11.8 Å². The molecule has 4 nitrogen and oxygen atoms in total. The van der Waals surface area contributed by atoms with Gasteiger partial charge in [0.2, 0.25) is 5.78 Å². The van der Waals surface area contributed by atoms with Crippen molar-refractivity contribution in [1.82, 2.24) is 9.97 Å². The molecular formula is C20H17N3O. The summed E-state index contributed by atoms with van der Waals surface area (Å²) < 4.78 is 0. The summed E-state index contributed by atoms with van der Waals surface area (Å²) in [6, 6.07) is 13.8. The van der Waals surface area contributed by atoms with Gasteiger partial charge in [0, 0.05) is 17.5 Å². The quantitative estimate of drug-likeness (QED) is 0.587. The molecule has 2 aromatic carbocycles. The van der Waals surface area contributed by atoms with Crippen molar-refractivity contribution >= 4 is 28.2 Å². The van der Waals surface area contributed by atoms with Gasteiger partial charge < -0.3 is 5.32 Å². The Morgan fingerprint density at radius 3 is 2.83 bits per heavy atom. The highest BCUT2D eigenvalue weighted by atomic mass is 16.1. The molecule has 0 radical (unpaired) electrons. The van der Waals surface area contributed by atoms with Crippen LogP contribution >= 0.6 is 0 Å². The van der Waals surface area contributed by atoms with Crippen LogP contribution < -0.4 is 5.32 Å². The van der Waals surface area contributed by atoms with Gasteiger partial charge in [-0.1, -0.05) is 24.1 Å². The molecule has 0 saturated heterocycles. The Labute approximate surface area is 141 Å². The second-order valence-corrected chi connectivity index (χ2v) is 5.54. The van der Waals surface area contributed by atoms with E-state index in [-0.39, 0.29) is 12.2 Å². The molecule has 0 saturated carbocycles. The summed E-state index contributed by atoms with van der Waals surface area (Å²) in [6.45, 7) is 3.71. The number of nitrogens with one attached hydrogen (secondary N) is 1. The van der Waals surface area contributed by atoms with Gasteiger partial charge >= 0.3 is 0 Å². The van der Waals surface area contributed by atoms with Gasteiger partial charge in [-0.25, -0.2) is 9.97 Å². The number of nitrogens with zero attached hydrogens (tertiary/aromatic N) is 2. The van der Waals surface area contributed by atoms with Gasteiger partial charge in [-0.3, -0.25) is 4.79 Å². The summed E-state index contributed by atoms with van der Waals surface area (Å²) >= 11 is 0. The number of anilines is 2. The smallest absolute Gasteiger partial charge is 0.209 e. The Hall–Kier alpha value is -3.19. The molecular weight excluding hydrogens is 298 g/mol. The number of Topliss-reactive ketones (excluding diaryl/α,β-unsaturated/α-hetero) is 1. The Bertz CT molecular complexity index is 967. The molecule has 1 heterocycles. The van der Waals surface area contributed by atoms with Gasteiger partial charge in [-0.2, -0.15) is 0 Å². The number of aryl methyl sites for hydroxylation is 1. The number of aromatic nitrogens is 2. The van der Waals surface area contributed by atoms with E-state index < -0.39 is 0 Å². The number of rotatable bonds is 4. The monoisotopic (exact) mass is 315 g/mol. The molecule has 118 valence electrons. The van der Waals surface area contributed by atoms with Crippen LogP contribution in [0, 0.1) is 18.8 Å². The standard InChI is InChI=1S/C20H17N3O/c1-3-5-17(24)11-15-8-9-19-18(12-15)20(22-13-21-19)23-16-7-4-6-14(2)10-16/h4,6-10,12-13H,11H2,1-2H3,(H,21,22,23). The molecule has 3 aromatic rings. The van der Waals surface area contributed by atoms with Gasteiger partial charge in [-0.05, 0) is 55.2 Å². The maximum Gasteiger partial charge on any atom is 0.209 e. The minimum Gasteiger partial charge on any atom is -0.340 e. The van der Waals surface area contributed by atoms with Crippen molar-refractivity contribution in [3.05, 3.63) is 59.9 Å². The van der Waals surface area contributed by atoms with E-state index in [1.165, 1.54) is 11.9 Å². The molecule has 3 rings (SSSR count). The van der Waals surface area contributed by atoms with Crippen molar-refractivity contribution in [2.75, 3.05) is 5.32 Å². The van der Waals surface area contributed by atoms with E-state index in [0.717, 1.165) is 28.0 Å². The minimum absolute atomic E-state index is 0.0955. The fourth-order valence-electron chi connectivity index (χ4n) is 2.54. The summed E-state index contributed by atoms with van der Waals surface area (Å²) in [5.74, 6) is 5.83. The van der Waals surface area contributed by atoms with E-state index in [0.29, 0.717) is 0 Å². The normalized spacial score (nSPS) is 10.1. The number of carbonyl (C=O) groups excluding carboxylic acids is 1. The SMILES string of the molecule is CC#CC(=O)Cc1ccc2ncnc(Nc3cccc(C)c3)c2c1. The van der Waals surface area contributed by atoms with E-state index in [1.807, 2.05) is 43.3 Å². The first kappa shape index (κ1) is 15.7. The third kappa shape index (κ3) is 3.58. The second kappa shape index (κ2) is 6.93. The summed E-state index contributed by atoms with van der Waals surface area (Å²) in [5.41, 5.74) is 3.87. The van der Waals surface area contributed by atoms with Crippen molar-refractivity contribution in [2.24, 2.45) is 0 Å². The van der Waals surface area contributed by atoms with Crippen LogP contribution in [-0.4, -0.2) is 15.8 Å². The van der Waals surface area contributed by atoms with Gasteiger partial charge in [0.1, 0.15) is 12.1 Å². The lowest BCUT2D eigenvalue weighted by molar-refractivity contribution is -0.113. The van der Waals surface area contributed by atoms with Crippen LogP contribution in [0.4, 0.5) is 11.5 Å². The van der Waals surface area contributed by atoms with E-state index in [4.69, 9.17) is 0 Å². The highest BCUT2D eigenvalue weighted by Gasteiger charge is 2.07. The molecule has 0 aliphatic carbocycles. The first-order valence-electron chi connectivity index (χ1n) is 7.68. The van der Waals surface area contributed by atoms with Crippen LogP contribution in [0.1, 0.15) is 18.1 Å². The van der Waals surface area contributed by atoms with Gasteiger partial charge in [0.15, 0.2) is 0 Å². The topological polar surface area (TPSA) is 54.9 Å². The lowest BCUT2D eigenvalue weighted by Crippen LogP contribution is -2.00. The Morgan fingerprint density at radius 1 is 1.17 bits per heavy atom. The summed E-state index contributed by atoms with van der Waals surface area (Å²) in [5, 5.41) is 4.21. The molecule has 0 unspecified atom stereocenters. The molecule has 0 aliphatic rings. The number of benzene rings is 2. The average molecular weight is 315 g/mol. The molecule has 0 spiro atoms. The van der Waals surface area contributed by atoms with Crippen molar-refractivity contribution in [3.63, 3.8) is 0 Å². The minimum atomic E-state index is -0.0955. The summed E-state index contributed by atoms with van der Waals surface area (Å²) in [7, 11) is 0. The van der Waals surface area contributed by atoms with Crippen molar-refractivity contribution in [1.29, 1.82) is 0 Å². The Morgan fingerprint density at radius 2 is 2.04 bits per heavy atom. The maximum atomic E-state index is 11.7. The third-order valence-electron chi connectivity index (χ3n) is 3.61. The molecule has 4 heteroatoms. The van der Waals surface area contributed by atoms with Crippen LogP contribution in [-0.2, 0) is 11.2 Å². The van der Waals surface area contributed by atoms with Gasteiger partial charge in [-0.15, -0.1) is 0 Å². The van der Waals surface area contributed by atoms with Gasteiger partial charge in [0.25, 0.3) is 0 Å². The molecule has 0 aliphatic heterocycles. The molecule has 1 aromatic heterocycles. The zero-order valence-electron chi connectivity index (χ0n) is 13.6. The number of fused-ring (bicyclic) bond motifs is 1. The number of ketones is 1. The zero-order valence-corrected chi connectivity index (χ0v) is 13.6. The van der Waals surface area contributed by atoms with Crippen LogP contribution in [0.15, 0.2) is 48.8 Å². The largest absolute Gasteiger partial charge is 0.340 e. The average Bonchev–Trinajstić information content (AvgIpc) is 2.56. The van der Waals surface area contributed by atoms with Crippen LogP contribution in [0.3, 0.4) is 0 Å². The lowest BCUT2D eigenvalue weighted by atomic mass is 10.1. The van der Waals surface area contributed by atoms with E-state index in [2.05, 4.69) is 33.2 Å². The number of carbonyl (C=O) groups is 1. The molecule has 0 atom stereocenters. The number of hydrogen-bond donors (Lipinski definition) is 1. The molecule has 1 N–H and O–H groups in total. The first-order chi connectivity index (χ1) is 11.7. The van der Waals surface area contributed by atoms with Crippen molar-refractivity contribution in [2.45, 2.75) is 20.3 Å². The molecule has 0 fully saturated rings. The predicted molar refractivity (Wildman–Crippen MR) is 96.2 cm³/mol. The molecule has 0 amide bonds. The third-order valence-corrected chi connectivity index (χ3v) is 3.61. The highest BCUT2D eigenvalue weighted by molar-refractivity contribution is 5.98. The maximum absolute atomic E-state index is 11.7. The molecule has 0 bridgehead atoms. The Kier molecular flexibility index (Phi) is 4.53. The van der Waals surface area contributed by atoms with E-state index in [1.54, 1.807) is 6.92 Å². The number of hydrogen-bond acceptors (Lipinski definition) is 4. The van der Waals surface area contributed by atoms with Crippen LogP contribution in [0.5, 0.6) is 0 Å². The zero-order chi connectivity index (χ0) is 16.9. The molecule has 24 heavy (non-hydrogen) atoms. The van der Waals surface area contributed by atoms with Crippen LogP contribution in [0.2, 0.25) is 0 Å². The van der Waals surface area contributed by atoms with E-state index in [9.17, 15) is 4.79 Å². The van der Waals surface area contributed by atoms with Gasteiger partial charge in [0.05, 0.1) is 5.52 Å². The summed E-state index contributed by atoms with van der Waals surface area (Å²) in [6.07, 6.45) is 1.82. The first-order valence-corrected chi connectivity index (χ1v) is 7.68. The predicted octanol–water partition coefficient (Wildman–Crippen LogP) is 3.82. The van der Waals surface area contributed by atoms with E-state index >= 15 is 0 Å². The lowest BCUT2D eigenvalue weighted by Gasteiger charge is -2.10. The highest BCUT2D eigenvalue weighted by Crippen LogP contribution is 2.24. The van der Waals surface area contributed by atoms with Crippen molar-refractivity contribution < 1.29 is 4.79 Å². The second-order valence-electron chi connectivity index (χ2n) is 5.54.